The Bertz CT molecular complexity index is 1070. The Kier molecular flexibility index (Phi) is 8.54. The number of aliphatic hydroxyl groups excluding tert-OH is 2. The van der Waals surface area contributed by atoms with E-state index in [0.29, 0.717) is 11.1 Å². The number of carbonyl (C=O) groups is 1. The summed E-state index contributed by atoms with van der Waals surface area (Å²) >= 11 is 0. The van der Waals surface area contributed by atoms with Crippen molar-refractivity contribution in [3.8, 4) is 5.69 Å². The molecule has 0 aliphatic heterocycles. The minimum absolute atomic E-state index is 0.0197. The van der Waals surface area contributed by atoms with Crippen LogP contribution >= 0.6 is 0 Å². The van der Waals surface area contributed by atoms with E-state index >= 15 is 0 Å². The molecule has 33 heavy (non-hydrogen) atoms. The number of ether oxygens (including phenoxy) is 1. The molecule has 1 aromatic carbocycles. The minimum Gasteiger partial charge on any atom is -0.389 e. The molecule has 3 rings (SSSR count). The van der Waals surface area contributed by atoms with Crippen LogP contribution in [0.1, 0.15) is 54.4 Å². The number of aliphatic hydroxyl groups is 2. The summed E-state index contributed by atoms with van der Waals surface area (Å²) in [6, 6.07) is 4.79. The van der Waals surface area contributed by atoms with Crippen LogP contribution in [0.3, 0.4) is 0 Å². The van der Waals surface area contributed by atoms with Gasteiger partial charge in [0, 0.05) is 18.6 Å². The molecule has 2 unspecified atom stereocenters. The number of methoxy groups -OCH3 is 1. The number of aryl methyl sites for hydroxylation is 1. The highest BCUT2D eigenvalue weighted by molar-refractivity contribution is 5.96. The molecular formula is C23H32N4O6. The Morgan fingerprint density at radius 1 is 1.21 bits per heavy atom. The van der Waals surface area contributed by atoms with Crippen LogP contribution in [0.5, 0.6) is 0 Å². The van der Waals surface area contributed by atoms with E-state index in [1.165, 1.54) is 13.2 Å². The first-order valence-electron chi connectivity index (χ1n) is 11.3. The molecule has 1 heterocycles. The first-order chi connectivity index (χ1) is 15.8. The SMILES string of the molecule is COCC(O)Cn1c(=O)cnn(-c2ccc(C)c(C(=O)NC(O)C3CCCCCC3)c2)c1=O. The van der Waals surface area contributed by atoms with Gasteiger partial charge in [0.1, 0.15) is 12.4 Å². The molecular weight excluding hydrogens is 428 g/mol. The van der Waals surface area contributed by atoms with E-state index in [1.807, 2.05) is 0 Å². The third-order valence-corrected chi connectivity index (χ3v) is 6.05. The van der Waals surface area contributed by atoms with E-state index in [4.69, 9.17) is 4.74 Å². The molecule has 180 valence electrons. The maximum absolute atomic E-state index is 12.9. The fourth-order valence-corrected chi connectivity index (χ4v) is 4.18. The molecule has 2 aromatic rings. The summed E-state index contributed by atoms with van der Waals surface area (Å²) in [5.74, 6) is -0.422. The van der Waals surface area contributed by atoms with Gasteiger partial charge < -0.3 is 20.3 Å². The van der Waals surface area contributed by atoms with Crippen molar-refractivity contribution >= 4 is 5.91 Å². The normalized spacial score (nSPS) is 16.7. The lowest BCUT2D eigenvalue weighted by Gasteiger charge is -2.22. The predicted molar refractivity (Wildman–Crippen MR) is 121 cm³/mol. The quantitative estimate of drug-likeness (QED) is 0.390. The monoisotopic (exact) mass is 460 g/mol. The van der Waals surface area contributed by atoms with Gasteiger partial charge in [0.25, 0.3) is 11.5 Å². The predicted octanol–water partition coefficient (Wildman–Crippen LogP) is 0.729. The van der Waals surface area contributed by atoms with E-state index < -0.39 is 29.5 Å². The van der Waals surface area contributed by atoms with Crippen LogP contribution in [-0.4, -0.2) is 56.5 Å². The van der Waals surface area contributed by atoms with Crippen LogP contribution in [0.4, 0.5) is 0 Å². The number of hydrogen-bond donors (Lipinski definition) is 3. The minimum atomic E-state index is -1.04. The lowest BCUT2D eigenvalue weighted by molar-refractivity contribution is 0.0518. The number of nitrogens with zero attached hydrogens (tertiary/aromatic N) is 3. The van der Waals surface area contributed by atoms with Crippen molar-refractivity contribution in [1.82, 2.24) is 19.7 Å². The maximum atomic E-state index is 12.9. The second-order valence-corrected chi connectivity index (χ2v) is 8.57. The maximum Gasteiger partial charge on any atom is 0.352 e. The standard InChI is InChI=1S/C23H32N4O6/c1-15-9-10-17(27-23(32)26(20(29)12-24-27)13-18(28)14-33-2)11-19(15)22(31)25-21(30)16-7-5-3-4-6-8-16/h9-12,16,18,21,28,30H,3-8,13-14H2,1-2H3,(H,25,31). The van der Waals surface area contributed by atoms with Gasteiger partial charge in [-0.15, -0.1) is 0 Å². The number of carbonyl (C=O) groups excluding carboxylic acids is 1. The smallest absolute Gasteiger partial charge is 0.352 e. The fourth-order valence-electron chi connectivity index (χ4n) is 4.18. The average molecular weight is 461 g/mol. The van der Waals surface area contributed by atoms with E-state index in [1.54, 1.807) is 19.1 Å². The molecule has 0 radical (unpaired) electrons. The molecule has 0 spiro atoms. The van der Waals surface area contributed by atoms with Crippen molar-refractivity contribution < 1.29 is 19.7 Å². The van der Waals surface area contributed by atoms with Gasteiger partial charge in [-0.2, -0.15) is 9.78 Å². The number of amides is 1. The van der Waals surface area contributed by atoms with Crippen molar-refractivity contribution in [1.29, 1.82) is 0 Å². The van der Waals surface area contributed by atoms with Crippen molar-refractivity contribution in [3.63, 3.8) is 0 Å². The molecule has 2 atom stereocenters. The van der Waals surface area contributed by atoms with Crippen molar-refractivity contribution in [2.75, 3.05) is 13.7 Å². The van der Waals surface area contributed by atoms with E-state index in [2.05, 4.69) is 10.4 Å². The lowest BCUT2D eigenvalue weighted by Crippen LogP contribution is -2.43. The number of aromatic nitrogens is 3. The summed E-state index contributed by atoms with van der Waals surface area (Å²) < 4.78 is 6.72. The van der Waals surface area contributed by atoms with Crippen molar-refractivity contribution in [2.45, 2.75) is 64.3 Å². The third kappa shape index (κ3) is 6.16. The van der Waals surface area contributed by atoms with Gasteiger partial charge in [-0.3, -0.25) is 14.2 Å². The molecule has 1 saturated carbocycles. The second kappa shape index (κ2) is 11.4. The van der Waals surface area contributed by atoms with Gasteiger partial charge >= 0.3 is 5.69 Å². The van der Waals surface area contributed by atoms with Gasteiger partial charge in [0.15, 0.2) is 0 Å². The first-order valence-corrected chi connectivity index (χ1v) is 11.3. The summed E-state index contributed by atoms with van der Waals surface area (Å²) in [7, 11) is 1.41. The zero-order chi connectivity index (χ0) is 24.0. The molecule has 10 heteroatoms. The van der Waals surface area contributed by atoms with Crippen LogP contribution in [0, 0.1) is 12.8 Å². The molecule has 1 aromatic heterocycles. The highest BCUT2D eigenvalue weighted by atomic mass is 16.5. The second-order valence-electron chi connectivity index (χ2n) is 8.57. The molecule has 1 fully saturated rings. The molecule has 1 amide bonds. The number of hydrogen-bond acceptors (Lipinski definition) is 7. The highest BCUT2D eigenvalue weighted by Gasteiger charge is 2.23. The van der Waals surface area contributed by atoms with Crippen LogP contribution < -0.4 is 16.6 Å². The Hall–Kier alpha value is -2.82. The van der Waals surface area contributed by atoms with Gasteiger partial charge in [-0.05, 0) is 37.5 Å². The topological polar surface area (TPSA) is 136 Å². The Balaban J connectivity index is 1.86. The van der Waals surface area contributed by atoms with E-state index in [0.717, 1.165) is 54.0 Å². The van der Waals surface area contributed by atoms with Gasteiger partial charge in [0.2, 0.25) is 0 Å². The molecule has 0 bridgehead atoms. The number of rotatable bonds is 8. The zero-order valence-electron chi connectivity index (χ0n) is 19.1. The largest absolute Gasteiger partial charge is 0.389 e. The van der Waals surface area contributed by atoms with E-state index in [9.17, 15) is 24.6 Å². The Morgan fingerprint density at radius 2 is 1.91 bits per heavy atom. The summed E-state index contributed by atoms with van der Waals surface area (Å²) in [6.45, 7) is 1.47. The van der Waals surface area contributed by atoms with Crippen LogP contribution in [0.25, 0.3) is 5.69 Å². The molecule has 1 aliphatic rings. The number of nitrogens with one attached hydrogen (secondary N) is 1. The van der Waals surface area contributed by atoms with E-state index in [-0.39, 0.29) is 24.8 Å². The Labute approximate surface area is 191 Å². The summed E-state index contributed by atoms with van der Waals surface area (Å²) in [4.78, 5) is 37.9. The van der Waals surface area contributed by atoms with Crippen LogP contribution in [0.15, 0.2) is 34.0 Å². The van der Waals surface area contributed by atoms with Crippen LogP contribution in [-0.2, 0) is 11.3 Å². The Morgan fingerprint density at radius 3 is 2.58 bits per heavy atom. The zero-order valence-corrected chi connectivity index (χ0v) is 19.1. The summed E-state index contributed by atoms with van der Waals surface area (Å²) in [5, 5.41) is 27.1. The van der Waals surface area contributed by atoms with Gasteiger partial charge in [-0.1, -0.05) is 31.7 Å². The molecule has 0 saturated heterocycles. The first kappa shape index (κ1) is 24.8. The fraction of sp³-hybridized carbons (Fsp3) is 0.565. The summed E-state index contributed by atoms with van der Waals surface area (Å²) in [6.07, 6.45) is 5.10. The van der Waals surface area contributed by atoms with Crippen molar-refractivity contribution in [3.05, 3.63) is 56.4 Å². The average Bonchev–Trinajstić information content (AvgIpc) is 3.07. The lowest BCUT2D eigenvalue weighted by atomic mass is 9.98. The van der Waals surface area contributed by atoms with Gasteiger partial charge in [0.05, 0.1) is 24.9 Å². The highest BCUT2D eigenvalue weighted by Crippen LogP contribution is 2.25. The third-order valence-electron chi connectivity index (χ3n) is 6.05. The van der Waals surface area contributed by atoms with Crippen molar-refractivity contribution in [2.24, 2.45) is 5.92 Å². The molecule has 1 aliphatic carbocycles. The molecule has 10 nitrogen and oxygen atoms in total. The van der Waals surface area contributed by atoms with Crippen LogP contribution in [0.2, 0.25) is 0 Å². The van der Waals surface area contributed by atoms with Gasteiger partial charge in [-0.25, -0.2) is 4.79 Å². The molecule has 3 N–H and O–H groups in total. The number of benzene rings is 1. The summed E-state index contributed by atoms with van der Waals surface area (Å²) in [5.41, 5.74) is -0.142.